The summed E-state index contributed by atoms with van der Waals surface area (Å²) in [5.41, 5.74) is 0.933. The Morgan fingerprint density at radius 2 is 1.76 bits per heavy atom. The van der Waals surface area contributed by atoms with Crippen LogP contribution in [0.3, 0.4) is 0 Å². The topological polar surface area (TPSA) is 41.1 Å². The van der Waals surface area contributed by atoms with E-state index in [1.54, 1.807) is 0 Å². The lowest BCUT2D eigenvalue weighted by atomic mass is 9.89. The molecule has 1 aliphatic carbocycles. The van der Waals surface area contributed by atoms with E-state index < -0.39 is 0 Å². The predicted octanol–water partition coefficient (Wildman–Crippen LogP) is 2.11. The molecule has 1 saturated heterocycles. The molecule has 3 nitrogen and oxygen atoms in total. The molecule has 1 spiro atoms. The van der Waals surface area contributed by atoms with Gasteiger partial charge in [0.15, 0.2) is 0 Å². The van der Waals surface area contributed by atoms with Crippen LogP contribution in [0, 0.1) is 0 Å². The lowest BCUT2D eigenvalue weighted by Crippen LogP contribution is -2.51. The molecule has 0 bridgehead atoms. The number of nitrogens with one attached hydrogen (secondary N) is 2. The third kappa shape index (κ3) is 1.95. The zero-order valence-corrected chi connectivity index (χ0v) is 9.91. The molecule has 90 valence electrons. The number of amides is 1. The van der Waals surface area contributed by atoms with Crippen LogP contribution in [0.2, 0.25) is 0 Å². The smallest absolute Gasteiger partial charge is 0.243 e. The molecule has 1 aromatic rings. The van der Waals surface area contributed by atoms with Gasteiger partial charge >= 0.3 is 0 Å². The third-order valence-electron chi connectivity index (χ3n) is 3.89. The van der Waals surface area contributed by atoms with Gasteiger partial charge in [-0.05, 0) is 31.2 Å². The molecule has 1 atom stereocenters. The minimum atomic E-state index is -0.172. The summed E-state index contributed by atoms with van der Waals surface area (Å²) in [7, 11) is 0. The minimum absolute atomic E-state index is 0.123. The van der Waals surface area contributed by atoms with Crippen LogP contribution in [0.15, 0.2) is 30.3 Å². The maximum Gasteiger partial charge on any atom is 0.243 e. The molecule has 0 unspecified atom stereocenters. The van der Waals surface area contributed by atoms with Crippen molar-refractivity contribution < 1.29 is 4.79 Å². The second-order valence-electron chi connectivity index (χ2n) is 5.12. The maximum atomic E-state index is 12.1. The number of rotatable bonds is 1. The van der Waals surface area contributed by atoms with E-state index in [1.165, 1.54) is 19.3 Å². The van der Waals surface area contributed by atoms with Crippen LogP contribution in [0.1, 0.15) is 43.7 Å². The van der Waals surface area contributed by atoms with Crippen LogP contribution in [0.25, 0.3) is 0 Å². The molecule has 1 aliphatic heterocycles. The molecule has 1 heterocycles. The number of hydrogen-bond acceptors (Lipinski definition) is 2. The van der Waals surface area contributed by atoms with Crippen LogP contribution in [0.5, 0.6) is 0 Å². The van der Waals surface area contributed by atoms with Crippen molar-refractivity contribution in [2.45, 2.75) is 43.8 Å². The quantitative estimate of drug-likeness (QED) is 0.775. The van der Waals surface area contributed by atoms with Crippen molar-refractivity contribution in [3.8, 4) is 0 Å². The van der Waals surface area contributed by atoms with Crippen molar-refractivity contribution in [1.29, 1.82) is 0 Å². The van der Waals surface area contributed by atoms with E-state index in [9.17, 15) is 4.79 Å². The summed E-state index contributed by atoms with van der Waals surface area (Å²) in [5.74, 6) is 0.123. The normalized spacial score (nSPS) is 27.1. The fraction of sp³-hybridized carbons (Fsp3) is 0.500. The molecule has 0 radical (unpaired) electrons. The molecule has 1 saturated carbocycles. The Balaban J connectivity index is 1.82. The van der Waals surface area contributed by atoms with E-state index in [2.05, 4.69) is 10.6 Å². The zero-order valence-electron chi connectivity index (χ0n) is 9.91. The molecule has 1 amide bonds. The molecule has 3 heteroatoms. The summed E-state index contributed by atoms with van der Waals surface area (Å²) in [5, 5.41) is 6.68. The lowest BCUT2D eigenvalue weighted by Gasteiger charge is -2.33. The Morgan fingerprint density at radius 1 is 1.06 bits per heavy atom. The van der Waals surface area contributed by atoms with Crippen LogP contribution in [-0.4, -0.2) is 11.6 Å². The van der Waals surface area contributed by atoms with Crippen LogP contribution in [0.4, 0.5) is 0 Å². The summed E-state index contributed by atoms with van der Waals surface area (Å²) < 4.78 is 0. The number of hydrogen-bond donors (Lipinski definition) is 2. The molecule has 17 heavy (non-hydrogen) atoms. The van der Waals surface area contributed by atoms with E-state index >= 15 is 0 Å². The van der Waals surface area contributed by atoms with Crippen LogP contribution < -0.4 is 10.6 Å². The second-order valence-corrected chi connectivity index (χ2v) is 5.12. The Labute approximate surface area is 102 Å². The minimum Gasteiger partial charge on any atom is -0.336 e. The van der Waals surface area contributed by atoms with Gasteiger partial charge in [-0.1, -0.05) is 36.8 Å². The largest absolute Gasteiger partial charge is 0.336 e. The van der Waals surface area contributed by atoms with E-state index in [1.807, 2.05) is 30.3 Å². The molecule has 0 aromatic heterocycles. The van der Waals surface area contributed by atoms with Crippen molar-refractivity contribution in [2.24, 2.45) is 0 Å². The fourth-order valence-electron chi connectivity index (χ4n) is 2.99. The van der Waals surface area contributed by atoms with Gasteiger partial charge < -0.3 is 5.32 Å². The van der Waals surface area contributed by atoms with Gasteiger partial charge in [0.25, 0.3) is 0 Å². The lowest BCUT2D eigenvalue weighted by molar-refractivity contribution is -0.121. The summed E-state index contributed by atoms with van der Waals surface area (Å²) in [6.07, 6.45) is 5.81. The average Bonchev–Trinajstić information content (AvgIpc) is 2.68. The summed E-state index contributed by atoms with van der Waals surface area (Å²) in [6.45, 7) is 0. The molecule has 2 aliphatic rings. The highest BCUT2D eigenvalue weighted by molar-refractivity contribution is 5.86. The van der Waals surface area contributed by atoms with Crippen molar-refractivity contribution >= 4 is 5.91 Å². The summed E-state index contributed by atoms with van der Waals surface area (Å²) >= 11 is 0. The summed E-state index contributed by atoms with van der Waals surface area (Å²) in [6, 6.07) is 9.80. The third-order valence-corrected chi connectivity index (χ3v) is 3.89. The van der Waals surface area contributed by atoms with E-state index in [4.69, 9.17) is 0 Å². The standard InChI is InChI=1S/C14H18N2O/c17-13-12(11-7-3-1-4-8-11)15-14(16-13)9-5-2-6-10-14/h1,3-4,7-8,12,15H,2,5-6,9-10H2,(H,16,17)/t12-/m1/s1. The highest BCUT2D eigenvalue weighted by Crippen LogP contribution is 2.33. The van der Waals surface area contributed by atoms with Crippen molar-refractivity contribution in [3.63, 3.8) is 0 Å². The van der Waals surface area contributed by atoms with Gasteiger partial charge in [0.2, 0.25) is 5.91 Å². The van der Waals surface area contributed by atoms with Crippen molar-refractivity contribution in [3.05, 3.63) is 35.9 Å². The van der Waals surface area contributed by atoms with E-state index in [0.29, 0.717) is 0 Å². The first kappa shape index (κ1) is 10.8. The van der Waals surface area contributed by atoms with E-state index in [-0.39, 0.29) is 17.6 Å². The fourth-order valence-corrected chi connectivity index (χ4v) is 2.99. The molecule has 1 aromatic carbocycles. The average molecular weight is 230 g/mol. The number of carbonyl (C=O) groups is 1. The molecular formula is C14H18N2O. The first-order chi connectivity index (χ1) is 8.29. The van der Waals surface area contributed by atoms with Gasteiger partial charge in [-0.3, -0.25) is 10.1 Å². The molecule has 3 rings (SSSR count). The van der Waals surface area contributed by atoms with Gasteiger partial charge in [-0.25, -0.2) is 0 Å². The highest BCUT2D eigenvalue weighted by atomic mass is 16.2. The zero-order chi connectivity index (χ0) is 11.7. The van der Waals surface area contributed by atoms with Gasteiger partial charge in [-0.15, -0.1) is 0 Å². The first-order valence-electron chi connectivity index (χ1n) is 6.44. The van der Waals surface area contributed by atoms with Gasteiger partial charge in [0.05, 0.1) is 5.66 Å². The second kappa shape index (κ2) is 4.15. The van der Waals surface area contributed by atoms with Crippen LogP contribution in [-0.2, 0) is 4.79 Å². The Hall–Kier alpha value is -1.35. The highest BCUT2D eigenvalue weighted by Gasteiger charge is 2.44. The Kier molecular flexibility index (Phi) is 2.63. The van der Waals surface area contributed by atoms with Gasteiger partial charge in [-0.2, -0.15) is 0 Å². The maximum absolute atomic E-state index is 12.1. The number of carbonyl (C=O) groups excluding carboxylic acids is 1. The Bertz CT molecular complexity index is 409. The van der Waals surface area contributed by atoms with Crippen molar-refractivity contribution in [1.82, 2.24) is 10.6 Å². The summed E-state index contributed by atoms with van der Waals surface area (Å²) in [4.78, 5) is 12.1. The molecule has 2 fully saturated rings. The Morgan fingerprint density at radius 3 is 2.47 bits per heavy atom. The van der Waals surface area contributed by atoms with Crippen LogP contribution >= 0.6 is 0 Å². The molecule has 2 N–H and O–H groups in total. The van der Waals surface area contributed by atoms with Crippen molar-refractivity contribution in [2.75, 3.05) is 0 Å². The SMILES string of the molecule is O=C1NC2(CCCCC2)N[C@@H]1c1ccccc1. The molecular weight excluding hydrogens is 212 g/mol. The monoisotopic (exact) mass is 230 g/mol. The predicted molar refractivity (Wildman–Crippen MR) is 66.3 cm³/mol. The van der Waals surface area contributed by atoms with E-state index in [0.717, 1.165) is 18.4 Å². The van der Waals surface area contributed by atoms with Gasteiger partial charge in [0, 0.05) is 0 Å². The number of benzene rings is 1. The first-order valence-corrected chi connectivity index (χ1v) is 6.44. The van der Waals surface area contributed by atoms with Gasteiger partial charge in [0.1, 0.15) is 6.04 Å².